The van der Waals surface area contributed by atoms with Gasteiger partial charge in [-0.25, -0.2) is 4.98 Å². The Bertz CT molecular complexity index is 1250. The van der Waals surface area contributed by atoms with Crippen molar-refractivity contribution in [3.63, 3.8) is 0 Å². The lowest BCUT2D eigenvalue weighted by atomic mass is 10.1. The number of amides is 2. The van der Waals surface area contributed by atoms with Crippen LogP contribution in [-0.2, 0) is 4.79 Å². The number of hydrogen-bond acceptors (Lipinski definition) is 5. The predicted molar refractivity (Wildman–Crippen MR) is 122 cm³/mol. The van der Waals surface area contributed by atoms with Gasteiger partial charge < -0.3 is 14.4 Å². The quantitative estimate of drug-likeness (QED) is 0.592. The van der Waals surface area contributed by atoms with Gasteiger partial charge in [0.25, 0.3) is 5.91 Å². The minimum absolute atomic E-state index is 0.000532. The summed E-state index contributed by atoms with van der Waals surface area (Å²) in [7, 11) is 0. The third kappa shape index (κ3) is 3.64. The highest BCUT2D eigenvalue weighted by molar-refractivity contribution is 7.99. The van der Waals surface area contributed by atoms with E-state index in [0.29, 0.717) is 29.4 Å². The number of nitriles is 1. The van der Waals surface area contributed by atoms with E-state index >= 15 is 0 Å². The first-order valence-corrected chi connectivity index (χ1v) is 11.5. The summed E-state index contributed by atoms with van der Waals surface area (Å²) in [5.41, 5.74) is 2.82. The van der Waals surface area contributed by atoms with E-state index in [1.54, 1.807) is 58.1 Å². The van der Waals surface area contributed by atoms with Crippen LogP contribution in [-0.4, -0.2) is 51.7 Å². The Kier molecular flexibility index (Phi) is 5.37. The molecule has 1 saturated heterocycles. The topological polar surface area (TPSA) is 82.2 Å². The molecule has 160 valence electrons. The molecule has 7 nitrogen and oxygen atoms in total. The van der Waals surface area contributed by atoms with E-state index in [2.05, 4.69) is 11.1 Å². The maximum Gasteiger partial charge on any atom is 0.272 e. The van der Waals surface area contributed by atoms with Crippen LogP contribution in [0.1, 0.15) is 27.7 Å². The van der Waals surface area contributed by atoms with Crippen molar-refractivity contribution in [1.82, 2.24) is 14.5 Å². The number of rotatable bonds is 3. The van der Waals surface area contributed by atoms with Gasteiger partial charge in [-0.3, -0.25) is 9.59 Å². The van der Waals surface area contributed by atoms with Crippen LogP contribution in [0.4, 0.5) is 5.69 Å². The van der Waals surface area contributed by atoms with Gasteiger partial charge in [-0.05, 0) is 35.9 Å². The van der Waals surface area contributed by atoms with Crippen LogP contribution in [0.5, 0.6) is 0 Å². The number of anilines is 1. The maximum absolute atomic E-state index is 13.4. The van der Waals surface area contributed by atoms with Gasteiger partial charge in [0.2, 0.25) is 5.91 Å². The van der Waals surface area contributed by atoms with Crippen molar-refractivity contribution in [1.29, 1.82) is 5.26 Å². The summed E-state index contributed by atoms with van der Waals surface area (Å²) in [5.74, 6) is 0.409. The van der Waals surface area contributed by atoms with Crippen LogP contribution in [0.3, 0.4) is 0 Å². The van der Waals surface area contributed by atoms with Crippen LogP contribution < -0.4 is 4.90 Å². The molecule has 0 N–H and O–H groups in total. The lowest BCUT2D eigenvalue weighted by Crippen LogP contribution is -2.52. The number of hydrogen-bond donors (Lipinski definition) is 0. The van der Waals surface area contributed by atoms with E-state index in [9.17, 15) is 9.59 Å². The third-order valence-electron chi connectivity index (χ3n) is 5.72. The fourth-order valence-corrected chi connectivity index (χ4v) is 5.41. The van der Waals surface area contributed by atoms with Gasteiger partial charge in [-0.1, -0.05) is 41.6 Å². The standard InChI is InChI=1S/C23H18ClN5O2S/c24-17-2-1-3-18(10-17)28-9-8-27(13-21(28)30)22(31)19-12-26-23-29(19)20(14-32-23)16-6-4-15(11-25)5-7-16/h1-7,10,12,20H,8-9,13-14H2/t20-/m1/s1. The Morgan fingerprint density at radius 3 is 2.72 bits per heavy atom. The van der Waals surface area contributed by atoms with Crippen LogP contribution in [0, 0.1) is 11.3 Å². The molecule has 1 atom stereocenters. The van der Waals surface area contributed by atoms with Crippen molar-refractivity contribution in [3.05, 3.63) is 76.6 Å². The second-order valence-electron chi connectivity index (χ2n) is 7.61. The number of carbonyl (C=O) groups excluding carboxylic acids is 2. The van der Waals surface area contributed by atoms with Crippen molar-refractivity contribution in [2.24, 2.45) is 0 Å². The van der Waals surface area contributed by atoms with Crippen LogP contribution in [0.25, 0.3) is 0 Å². The number of nitrogens with zero attached hydrogens (tertiary/aromatic N) is 5. The number of carbonyl (C=O) groups is 2. The zero-order valence-corrected chi connectivity index (χ0v) is 18.5. The molecular formula is C23H18ClN5O2S. The van der Waals surface area contributed by atoms with E-state index in [0.717, 1.165) is 22.2 Å². The summed E-state index contributed by atoms with van der Waals surface area (Å²) >= 11 is 7.66. The van der Waals surface area contributed by atoms with Gasteiger partial charge in [-0.2, -0.15) is 5.26 Å². The summed E-state index contributed by atoms with van der Waals surface area (Å²) in [6, 6.07) is 16.6. The Morgan fingerprint density at radius 2 is 2.00 bits per heavy atom. The molecule has 0 aliphatic carbocycles. The Labute approximate surface area is 194 Å². The largest absolute Gasteiger partial charge is 0.326 e. The number of thioether (sulfide) groups is 1. The molecule has 0 bridgehead atoms. The molecule has 3 heterocycles. The van der Waals surface area contributed by atoms with Crippen molar-refractivity contribution < 1.29 is 9.59 Å². The van der Waals surface area contributed by atoms with E-state index in [1.165, 1.54) is 0 Å². The highest BCUT2D eigenvalue weighted by Gasteiger charge is 2.34. The Morgan fingerprint density at radius 1 is 1.19 bits per heavy atom. The zero-order chi connectivity index (χ0) is 22.2. The number of imidazole rings is 1. The summed E-state index contributed by atoms with van der Waals surface area (Å²) < 4.78 is 1.95. The number of halogens is 1. The molecule has 0 unspecified atom stereocenters. The van der Waals surface area contributed by atoms with Crippen molar-refractivity contribution in [2.75, 3.05) is 30.3 Å². The Balaban J connectivity index is 1.36. The molecule has 2 amide bonds. The second-order valence-corrected chi connectivity index (χ2v) is 9.03. The monoisotopic (exact) mass is 463 g/mol. The summed E-state index contributed by atoms with van der Waals surface area (Å²) in [6.45, 7) is 0.826. The molecule has 0 spiro atoms. The lowest BCUT2D eigenvalue weighted by molar-refractivity contribution is -0.120. The van der Waals surface area contributed by atoms with E-state index in [4.69, 9.17) is 16.9 Å². The first-order valence-electron chi connectivity index (χ1n) is 10.1. The third-order valence-corrected chi connectivity index (χ3v) is 6.99. The maximum atomic E-state index is 13.4. The normalized spacial score (nSPS) is 17.9. The zero-order valence-electron chi connectivity index (χ0n) is 16.9. The number of aromatic nitrogens is 2. The molecule has 2 aliphatic rings. The average Bonchev–Trinajstić information content (AvgIpc) is 3.41. The minimum Gasteiger partial charge on any atom is -0.326 e. The summed E-state index contributed by atoms with van der Waals surface area (Å²) in [6.07, 6.45) is 1.59. The van der Waals surface area contributed by atoms with Gasteiger partial charge in [-0.15, -0.1) is 0 Å². The number of piperazine rings is 1. The SMILES string of the molecule is N#Cc1ccc([C@H]2CSc3ncc(C(=O)N4CCN(c5cccc(Cl)c5)C(=O)C4)n32)cc1. The molecule has 2 aromatic carbocycles. The van der Waals surface area contributed by atoms with Gasteiger partial charge in [0, 0.05) is 29.6 Å². The van der Waals surface area contributed by atoms with Gasteiger partial charge in [0.15, 0.2) is 5.16 Å². The second kappa shape index (κ2) is 8.34. The fraction of sp³-hybridized carbons (Fsp3) is 0.217. The average molecular weight is 464 g/mol. The number of benzene rings is 2. The van der Waals surface area contributed by atoms with Crippen molar-refractivity contribution in [2.45, 2.75) is 11.2 Å². The molecule has 5 rings (SSSR count). The lowest BCUT2D eigenvalue weighted by Gasteiger charge is -2.34. The molecule has 0 radical (unpaired) electrons. The molecule has 3 aromatic rings. The molecule has 0 saturated carbocycles. The van der Waals surface area contributed by atoms with Crippen LogP contribution >= 0.6 is 23.4 Å². The van der Waals surface area contributed by atoms with Crippen molar-refractivity contribution in [3.8, 4) is 6.07 Å². The van der Waals surface area contributed by atoms with Crippen molar-refractivity contribution >= 4 is 40.9 Å². The molecule has 2 aliphatic heterocycles. The van der Waals surface area contributed by atoms with Gasteiger partial charge in [0.1, 0.15) is 12.2 Å². The van der Waals surface area contributed by atoms with E-state index in [1.807, 2.05) is 22.8 Å². The molecule has 32 heavy (non-hydrogen) atoms. The smallest absolute Gasteiger partial charge is 0.272 e. The molecule has 9 heteroatoms. The van der Waals surface area contributed by atoms with Crippen LogP contribution in [0.2, 0.25) is 5.02 Å². The van der Waals surface area contributed by atoms with E-state index in [-0.39, 0.29) is 24.4 Å². The summed E-state index contributed by atoms with van der Waals surface area (Å²) in [4.78, 5) is 33.8. The fourth-order valence-electron chi connectivity index (χ4n) is 4.09. The molecular weight excluding hydrogens is 446 g/mol. The van der Waals surface area contributed by atoms with Gasteiger partial charge >= 0.3 is 0 Å². The van der Waals surface area contributed by atoms with Crippen LogP contribution in [0.15, 0.2) is 59.9 Å². The molecule has 1 fully saturated rings. The highest BCUT2D eigenvalue weighted by Crippen LogP contribution is 2.38. The first-order chi connectivity index (χ1) is 15.5. The summed E-state index contributed by atoms with van der Waals surface area (Å²) in [5, 5.41) is 10.4. The molecule has 1 aromatic heterocycles. The Hall–Kier alpha value is -3.28. The first kappa shape index (κ1) is 20.6. The number of fused-ring (bicyclic) bond motifs is 1. The minimum atomic E-state index is -0.205. The highest BCUT2D eigenvalue weighted by atomic mass is 35.5. The van der Waals surface area contributed by atoms with Gasteiger partial charge in [0.05, 0.1) is 23.9 Å². The predicted octanol–water partition coefficient (Wildman–Crippen LogP) is 3.59. The van der Waals surface area contributed by atoms with E-state index < -0.39 is 0 Å².